The van der Waals surface area contributed by atoms with E-state index in [1.165, 1.54) is 43.2 Å². The molecule has 3 nitrogen and oxygen atoms in total. The van der Waals surface area contributed by atoms with Gasteiger partial charge >= 0.3 is 0 Å². The average molecular weight is 287 g/mol. The van der Waals surface area contributed by atoms with Crippen LogP contribution in [0.5, 0.6) is 0 Å². The lowest BCUT2D eigenvalue weighted by Gasteiger charge is -2.19. The molecule has 3 heteroatoms. The van der Waals surface area contributed by atoms with E-state index >= 15 is 0 Å². The summed E-state index contributed by atoms with van der Waals surface area (Å²) < 4.78 is 0. The Balaban J connectivity index is 1.59. The van der Waals surface area contributed by atoms with E-state index in [-0.39, 0.29) is 18.6 Å². The van der Waals surface area contributed by atoms with E-state index in [2.05, 4.69) is 23.5 Å². The molecule has 2 aliphatic rings. The fourth-order valence-electron chi connectivity index (χ4n) is 3.40. The van der Waals surface area contributed by atoms with Gasteiger partial charge in [-0.2, -0.15) is 0 Å². The SMILES string of the molecule is O=C(Cc1ccc2c(c1)CCCC2)NC(CCO)C1CC1. The lowest BCUT2D eigenvalue weighted by Crippen LogP contribution is -2.38. The zero-order valence-corrected chi connectivity index (χ0v) is 12.6. The van der Waals surface area contributed by atoms with Crippen molar-refractivity contribution < 1.29 is 9.90 Å². The van der Waals surface area contributed by atoms with Gasteiger partial charge < -0.3 is 10.4 Å². The van der Waals surface area contributed by atoms with Gasteiger partial charge in [-0.1, -0.05) is 18.2 Å². The van der Waals surface area contributed by atoms with Gasteiger partial charge in [0.1, 0.15) is 0 Å². The van der Waals surface area contributed by atoms with E-state index in [0.29, 0.717) is 18.8 Å². The normalized spacial score (nSPS) is 18.9. The third-order valence-corrected chi connectivity index (χ3v) is 4.76. The zero-order chi connectivity index (χ0) is 14.7. The molecule has 3 rings (SSSR count). The van der Waals surface area contributed by atoms with Crippen LogP contribution in [0.3, 0.4) is 0 Å². The summed E-state index contributed by atoms with van der Waals surface area (Å²) in [5, 5.41) is 12.2. The molecule has 0 bridgehead atoms. The van der Waals surface area contributed by atoms with Crippen molar-refractivity contribution in [1.29, 1.82) is 0 Å². The summed E-state index contributed by atoms with van der Waals surface area (Å²) in [4.78, 5) is 12.2. The van der Waals surface area contributed by atoms with Crippen LogP contribution in [0.1, 0.15) is 48.8 Å². The summed E-state index contributed by atoms with van der Waals surface area (Å²) in [6.07, 6.45) is 8.40. The summed E-state index contributed by atoms with van der Waals surface area (Å²) in [6, 6.07) is 6.68. The highest BCUT2D eigenvalue weighted by atomic mass is 16.3. The van der Waals surface area contributed by atoms with Crippen LogP contribution in [0.4, 0.5) is 0 Å². The van der Waals surface area contributed by atoms with Gasteiger partial charge in [0, 0.05) is 12.6 Å². The molecule has 1 aromatic rings. The Kier molecular flexibility index (Phi) is 4.59. The topological polar surface area (TPSA) is 49.3 Å². The lowest BCUT2D eigenvalue weighted by atomic mass is 9.90. The number of benzene rings is 1. The Morgan fingerprint density at radius 2 is 2.00 bits per heavy atom. The number of aliphatic hydroxyl groups is 1. The molecule has 1 aromatic carbocycles. The number of hydrogen-bond acceptors (Lipinski definition) is 2. The van der Waals surface area contributed by atoms with Crippen molar-refractivity contribution >= 4 is 5.91 Å². The number of nitrogens with one attached hydrogen (secondary N) is 1. The summed E-state index contributed by atoms with van der Waals surface area (Å²) in [5.74, 6) is 0.681. The van der Waals surface area contributed by atoms with E-state index in [1.807, 2.05) is 0 Å². The first-order chi connectivity index (χ1) is 10.3. The molecule has 1 unspecified atom stereocenters. The highest BCUT2D eigenvalue weighted by molar-refractivity contribution is 5.79. The number of carbonyl (C=O) groups is 1. The predicted molar refractivity (Wildman–Crippen MR) is 83.1 cm³/mol. The van der Waals surface area contributed by atoms with Crippen molar-refractivity contribution in [1.82, 2.24) is 5.32 Å². The van der Waals surface area contributed by atoms with Crippen LogP contribution in [0.25, 0.3) is 0 Å². The Bertz CT molecular complexity index is 508. The van der Waals surface area contributed by atoms with Crippen LogP contribution in [-0.4, -0.2) is 23.7 Å². The molecule has 1 atom stereocenters. The van der Waals surface area contributed by atoms with Crippen LogP contribution in [0.15, 0.2) is 18.2 Å². The maximum atomic E-state index is 12.2. The summed E-state index contributed by atoms with van der Waals surface area (Å²) in [5.41, 5.74) is 4.01. The second kappa shape index (κ2) is 6.61. The molecule has 2 aliphatic carbocycles. The Morgan fingerprint density at radius 1 is 1.24 bits per heavy atom. The molecule has 21 heavy (non-hydrogen) atoms. The van der Waals surface area contributed by atoms with Gasteiger partial charge in [0.2, 0.25) is 5.91 Å². The standard InChI is InChI=1S/C18H25NO2/c20-10-9-17(15-7-8-15)19-18(21)12-13-5-6-14-3-1-2-4-16(14)11-13/h5-6,11,15,17,20H,1-4,7-10,12H2,(H,19,21). The third-order valence-electron chi connectivity index (χ3n) is 4.76. The zero-order valence-electron chi connectivity index (χ0n) is 12.6. The van der Waals surface area contributed by atoms with Gasteiger partial charge in [-0.25, -0.2) is 0 Å². The second-order valence-electron chi connectivity index (χ2n) is 6.51. The van der Waals surface area contributed by atoms with Crippen LogP contribution in [-0.2, 0) is 24.1 Å². The maximum Gasteiger partial charge on any atom is 0.224 e. The van der Waals surface area contributed by atoms with Crippen LogP contribution in [0, 0.1) is 5.92 Å². The van der Waals surface area contributed by atoms with Gasteiger partial charge in [0.25, 0.3) is 0 Å². The highest BCUT2D eigenvalue weighted by Crippen LogP contribution is 2.34. The van der Waals surface area contributed by atoms with Gasteiger partial charge in [0.05, 0.1) is 6.42 Å². The summed E-state index contributed by atoms with van der Waals surface area (Å²) in [6.45, 7) is 0.153. The molecule has 0 spiro atoms. The number of amides is 1. The average Bonchev–Trinajstić information content (AvgIpc) is 3.31. The summed E-state index contributed by atoms with van der Waals surface area (Å²) in [7, 11) is 0. The fourth-order valence-corrected chi connectivity index (χ4v) is 3.40. The molecule has 1 saturated carbocycles. The van der Waals surface area contributed by atoms with Crippen LogP contribution >= 0.6 is 0 Å². The molecule has 0 saturated heterocycles. The number of rotatable bonds is 6. The molecule has 2 N–H and O–H groups in total. The molecule has 0 radical (unpaired) electrons. The fraction of sp³-hybridized carbons (Fsp3) is 0.611. The lowest BCUT2D eigenvalue weighted by molar-refractivity contribution is -0.121. The number of aryl methyl sites for hydroxylation is 2. The minimum Gasteiger partial charge on any atom is -0.396 e. The number of carbonyl (C=O) groups excluding carboxylic acids is 1. The van der Waals surface area contributed by atoms with Crippen molar-refractivity contribution in [2.75, 3.05) is 6.61 Å². The van der Waals surface area contributed by atoms with Gasteiger partial charge in [-0.3, -0.25) is 4.79 Å². The summed E-state index contributed by atoms with van der Waals surface area (Å²) >= 11 is 0. The highest BCUT2D eigenvalue weighted by Gasteiger charge is 2.31. The van der Waals surface area contributed by atoms with E-state index < -0.39 is 0 Å². The first-order valence-corrected chi connectivity index (χ1v) is 8.27. The third kappa shape index (κ3) is 3.85. The van der Waals surface area contributed by atoms with E-state index in [1.54, 1.807) is 0 Å². The number of fused-ring (bicyclic) bond motifs is 1. The maximum absolute atomic E-state index is 12.2. The molecule has 0 heterocycles. The van der Waals surface area contributed by atoms with Crippen LogP contribution < -0.4 is 5.32 Å². The largest absolute Gasteiger partial charge is 0.396 e. The predicted octanol–water partition coefficient (Wildman–Crippen LogP) is 2.39. The minimum absolute atomic E-state index is 0.0936. The van der Waals surface area contributed by atoms with Crippen molar-refractivity contribution in [2.45, 2.75) is 57.4 Å². The van der Waals surface area contributed by atoms with Gasteiger partial charge in [0.15, 0.2) is 0 Å². The number of aliphatic hydroxyl groups excluding tert-OH is 1. The van der Waals surface area contributed by atoms with E-state index in [4.69, 9.17) is 5.11 Å². The Morgan fingerprint density at radius 3 is 2.71 bits per heavy atom. The molecule has 0 aliphatic heterocycles. The Hall–Kier alpha value is -1.35. The minimum atomic E-state index is 0.0936. The molecule has 0 aromatic heterocycles. The van der Waals surface area contributed by atoms with Gasteiger partial charge in [-0.15, -0.1) is 0 Å². The first kappa shape index (κ1) is 14.6. The molecule has 114 valence electrons. The number of hydrogen-bond donors (Lipinski definition) is 2. The van der Waals surface area contributed by atoms with Crippen molar-refractivity contribution in [3.8, 4) is 0 Å². The molecular weight excluding hydrogens is 262 g/mol. The first-order valence-electron chi connectivity index (χ1n) is 8.27. The van der Waals surface area contributed by atoms with Crippen molar-refractivity contribution in [3.63, 3.8) is 0 Å². The molecule has 1 fully saturated rings. The van der Waals surface area contributed by atoms with Crippen LogP contribution in [0.2, 0.25) is 0 Å². The van der Waals surface area contributed by atoms with Crippen molar-refractivity contribution in [2.24, 2.45) is 5.92 Å². The van der Waals surface area contributed by atoms with Gasteiger partial charge in [-0.05, 0) is 67.6 Å². The second-order valence-corrected chi connectivity index (χ2v) is 6.51. The molecular formula is C18H25NO2. The molecule has 1 amide bonds. The quantitative estimate of drug-likeness (QED) is 0.844. The smallest absolute Gasteiger partial charge is 0.224 e. The Labute approximate surface area is 126 Å². The van der Waals surface area contributed by atoms with E-state index in [9.17, 15) is 4.79 Å². The van der Waals surface area contributed by atoms with E-state index in [0.717, 1.165) is 12.0 Å². The monoisotopic (exact) mass is 287 g/mol. The van der Waals surface area contributed by atoms with Crippen molar-refractivity contribution in [3.05, 3.63) is 34.9 Å².